The van der Waals surface area contributed by atoms with Gasteiger partial charge in [0.2, 0.25) is 0 Å². The summed E-state index contributed by atoms with van der Waals surface area (Å²) in [4.78, 5) is 0. The van der Waals surface area contributed by atoms with Gasteiger partial charge in [0.1, 0.15) is 5.76 Å². The third-order valence-electron chi connectivity index (χ3n) is 2.23. The van der Waals surface area contributed by atoms with Gasteiger partial charge in [-0.3, -0.25) is 4.68 Å². The van der Waals surface area contributed by atoms with Crippen LogP contribution in [0.25, 0.3) is 0 Å². The van der Waals surface area contributed by atoms with Crippen LogP contribution in [0.3, 0.4) is 0 Å². The lowest BCUT2D eigenvalue weighted by Crippen LogP contribution is -2.12. The summed E-state index contributed by atoms with van der Waals surface area (Å²) >= 11 is 0. The van der Waals surface area contributed by atoms with E-state index in [2.05, 4.69) is 20.8 Å². The molecule has 7 nitrogen and oxygen atoms in total. The highest BCUT2D eigenvalue weighted by atomic mass is 16.5. The first-order chi connectivity index (χ1) is 8.38. The fraction of sp³-hybridized carbons (Fsp3) is 0.500. The molecule has 92 valence electrons. The Morgan fingerprint density at radius 2 is 2.35 bits per heavy atom. The Balaban J connectivity index is 1.73. The lowest BCUT2D eigenvalue weighted by molar-refractivity contribution is 0.276. The van der Waals surface area contributed by atoms with Crippen molar-refractivity contribution in [2.45, 2.75) is 26.1 Å². The van der Waals surface area contributed by atoms with Crippen molar-refractivity contribution in [1.82, 2.24) is 25.5 Å². The predicted octanol–water partition coefficient (Wildman–Crippen LogP) is -0.0617. The standard InChI is InChI=1S/C10H15N5O2/c16-5-1-4-15-8-9(13-14-15)6-11-7-10-2-3-12-17-10/h2-3,8,11,16H,1,4-7H2. The molecule has 0 aliphatic heterocycles. The van der Waals surface area contributed by atoms with E-state index in [1.54, 1.807) is 10.9 Å². The quantitative estimate of drug-likeness (QED) is 0.701. The second kappa shape index (κ2) is 6.12. The van der Waals surface area contributed by atoms with Gasteiger partial charge in [-0.15, -0.1) is 5.10 Å². The molecule has 0 saturated carbocycles. The second-order valence-corrected chi connectivity index (χ2v) is 3.63. The minimum absolute atomic E-state index is 0.166. The molecule has 0 radical (unpaired) electrons. The third-order valence-corrected chi connectivity index (χ3v) is 2.23. The summed E-state index contributed by atoms with van der Waals surface area (Å²) in [6, 6.07) is 1.81. The molecule has 0 amide bonds. The summed E-state index contributed by atoms with van der Waals surface area (Å²) in [5, 5.41) is 23.4. The molecule has 17 heavy (non-hydrogen) atoms. The molecule has 2 aromatic rings. The van der Waals surface area contributed by atoms with Gasteiger partial charge >= 0.3 is 0 Å². The lowest BCUT2D eigenvalue weighted by atomic mass is 10.4. The molecule has 0 fully saturated rings. The van der Waals surface area contributed by atoms with Crippen molar-refractivity contribution in [3.63, 3.8) is 0 Å². The Morgan fingerprint density at radius 1 is 1.41 bits per heavy atom. The molecule has 2 N–H and O–H groups in total. The molecule has 7 heteroatoms. The summed E-state index contributed by atoms with van der Waals surface area (Å²) in [6.07, 6.45) is 4.17. The van der Waals surface area contributed by atoms with Crippen LogP contribution in [0.2, 0.25) is 0 Å². The van der Waals surface area contributed by atoms with E-state index in [0.29, 0.717) is 26.1 Å². The summed E-state index contributed by atoms with van der Waals surface area (Å²) in [6.45, 7) is 2.09. The van der Waals surface area contributed by atoms with Gasteiger partial charge in [-0.25, -0.2) is 0 Å². The topological polar surface area (TPSA) is 89.0 Å². The highest BCUT2D eigenvalue weighted by Gasteiger charge is 2.01. The molecule has 0 spiro atoms. The Hall–Kier alpha value is -1.73. The normalized spacial score (nSPS) is 10.9. The largest absolute Gasteiger partial charge is 0.396 e. The van der Waals surface area contributed by atoms with Crippen molar-refractivity contribution >= 4 is 0 Å². The Morgan fingerprint density at radius 3 is 3.12 bits per heavy atom. The van der Waals surface area contributed by atoms with Gasteiger partial charge in [0, 0.05) is 32.0 Å². The SMILES string of the molecule is OCCCn1cc(CNCc2ccno2)nn1. The molecule has 0 unspecified atom stereocenters. The van der Waals surface area contributed by atoms with Crippen LogP contribution < -0.4 is 5.32 Å². The van der Waals surface area contributed by atoms with Gasteiger partial charge in [0.05, 0.1) is 18.4 Å². The second-order valence-electron chi connectivity index (χ2n) is 3.63. The van der Waals surface area contributed by atoms with Gasteiger partial charge in [-0.1, -0.05) is 10.4 Å². The number of nitrogens with zero attached hydrogens (tertiary/aromatic N) is 4. The molecular weight excluding hydrogens is 222 g/mol. The number of rotatable bonds is 7. The maximum absolute atomic E-state index is 8.69. The van der Waals surface area contributed by atoms with Crippen molar-refractivity contribution in [2.75, 3.05) is 6.61 Å². The molecule has 0 bridgehead atoms. The number of hydrogen-bond donors (Lipinski definition) is 2. The van der Waals surface area contributed by atoms with Crippen molar-refractivity contribution in [1.29, 1.82) is 0 Å². The first-order valence-electron chi connectivity index (χ1n) is 5.48. The van der Waals surface area contributed by atoms with E-state index in [1.165, 1.54) is 0 Å². The Bertz CT molecular complexity index is 426. The number of aromatic nitrogens is 4. The molecule has 0 saturated heterocycles. The molecule has 2 aromatic heterocycles. The molecule has 2 rings (SSSR count). The van der Waals surface area contributed by atoms with E-state index >= 15 is 0 Å². The highest BCUT2D eigenvalue weighted by molar-refractivity contribution is 4.95. The zero-order chi connectivity index (χ0) is 11.9. The van der Waals surface area contributed by atoms with Crippen molar-refractivity contribution in [3.8, 4) is 0 Å². The maximum atomic E-state index is 8.69. The molecule has 0 aliphatic carbocycles. The van der Waals surface area contributed by atoms with Gasteiger partial charge in [-0.2, -0.15) is 0 Å². The lowest BCUT2D eigenvalue weighted by Gasteiger charge is -1.98. The predicted molar refractivity (Wildman–Crippen MR) is 58.8 cm³/mol. The zero-order valence-electron chi connectivity index (χ0n) is 9.41. The third kappa shape index (κ3) is 3.65. The number of nitrogens with one attached hydrogen (secondary N) is 1. The van der Waals surface area contributed by atoms with Crippen LogP contribution in [0.1, 0.15) is 17.9 Å². The fourth-order valence-electron chi connectivity index (χ4n) is 1.41. The average Bonchev–Trinajstić information content (AvgIpc) is 2.98. The number of hydrogen-bond acceptors (Lipinski definition) is 6. The van der Waals surface area contributed by atoms with Crippen LogP contribution in [0, 0.1) is 0 Å². The van der Waals surface area contributed by atoms with E-state index < -0.39 is 0 Å². The minimum atomic E-state index is 0.166. The summed E-state index contributed by atoms with van der Waals surface area (Å²) in [7, 11) is 0. The van der Waals surface area contributed by atoms with E-state index in [0.717, 1.165) is 11.5 Å². The number of aliphatic hydroxyl groups is 1. The number of aliphatic hydroxyl groups excluding tert-OH is 1. The average molecular weight is 237 g/mol. The highest BCUT2D eigenvalue weighted by Crippen LogP contribution is 1.98. The van der Waals surface area contributed by atoms with Crippen LogP contribution in [0.4, 0.5) is 0 Å². The molecule has 0 aromatic carbocycles. The zero-order valence-corrected chi connectivity index (χ0v) is 9.41. The molecule has 0 atom stereocenters. The van der Waals surface area contributed by atoms with Gasteiger partial charge in [-0.05, 0) is 6.42 Å². The van der Waals surface area contributed by atoms with Crippen molar-refractivity contribution in [2.24, 2.45) is 0 Å². The summed E-state index contributed by atoms with van der Waals surface area (Å²) < 4.78 is 6.67. The molecule has 0 aliphatic rings. The summed E-state index contributed by atoms with van der Waals surface area (Å²) in [5.74, 6) is 0.790. The smallest absolute Gasteiger partial charge is 0.150 e. The van der Waals surface area contributed by atoms with E-state index in [4.69, 9.17) is 9.63 Å². The van der Waals surface area contributed by atoms with Gasteiger partial charge in [0.15, 0.2) is 0 Å². The van der Waals surface area contributed by atoms with Crippen molar-refractivity contribution < 1.29 is 9.63 Å². The molecular formula is C10H15N5O2. The van der Waals surface area contributed by atoms with Crippen LogP contribution in [0.5, 0.6) is 0 Å². The fourth-order valence-corrected chi connectivity index (χ4v) is 1.41. The van der Waals surface area contributed by atoms with E-state index in [-0.39, 0.29) is 6.61 Å². The van der Waals surface area contributed by atoms with E-state index in [1.807, 2.05) is 12.3 Å². The first kappa shape index (κ1) is 11.7. The van der Waals surface area contributed by atoms with Crippen molar-refractivity contribution in [3.05, 3.63) is 29.9 Å². The monoisotopic (exact) mass is 237 g/mol. The Labute approximate surface area is 98.4 Å². The van der Waals surface area contributed by atoms with Crippen LogP contribution >= 0.6 is 0 Å². The molecule has 2 heterocycles. The first-order valence-corrected chi connectivity index (χ1v) is 5.48. The van der Waals surface area contributed by atoms with Crippen LogP contribution in [-0.2, 0) is 19.6 Å². The van der Waals surface area contributed by atoms with Gasteiger partial charge < -0.3 is 14.9 Å². The van der Waals surface area contributed by atoms with Crippen LogP contribution in [0.15, 0.2) is 23.0 Å². The summed E-state index contributed by atoms with van der Waals surface area (Å²) in [5.41, 5.74) is 0.863. The Kier molecular flexibility index (Phi) is 4.23. The van der Waals surface area contributed by atoms with Gasteiger partial charge in [0.25, 0.3) is 0 Å². The van der Waals surface area contributed by atoms with E-state index in [9.17, 15) is 0 Å². The number of aryl methyl sites for hydroxylation is 1. The van der Waals surface area contributed by atoms with Crippen LogP contribution in [-0.4, -0.2) is 31.9 Å². The maximum Gasteiger partial charge on any atom is 0.150 e. The minimum Gasteiger partial charge on any atom is -0.396 e.